The van der Waals surface area contributed by atoms with Gasteiger partial charge in [0.15, 0.2) is 0 Å². The van der Waals surface area contributed by atoms with Gasteiger partial charge in [0.1, 0.15) is 5.84 Å². The number of aliphatic hydroxyl groups excluding tert-OH is 1. The summed E-state index contributed by atoms with van der Waals surface area (Å²) < 4.78 is 36.8. The Bertz CT molecular complexity index is 280. The van der Waals surface area contributed by atoms with Crippen LogP contribution in [-0.2, 0) is 0 Å². The molecule has 0 unspecified atom stereocenters. The van der Waals surface area contributed by atoms with E-state index in [4.69, 9.17) is 16.0 Å². The summed E-state index contributed by atoms with van der Waals surface area (Å²) in [5.74, 6) is -0.0292. The highest BCUT2D eigenvalue weighted by molar-refractivity contribution is 5.85. The van der Waals surface area contributed by atoms with Gasteiger partial charge in [0.2, 0.25) is 0 Å². The van der Waals surface area contributed by atoms with Gasteiger partial charge in [-0.2, -0.15) is 13.2 Å². The molecule has 0 aromatic carbocycles. The molecule has 0 saturated carbocycles. The molecular formula is C10H20F3N3O2. The van der Waals surface area contributed by atoms with Crippen molar-refractivity contribution in [2.24, 2.45) is 16.3 Å². The Hall–Kier alpha value is -1.02. The highest BCUT2D eigenvalue weighted by atomic mass is 19.4. The van der Waals surface area contributed by atoms with Crippen LogP contribution in [0.1, 0.15) is 20.3 Å². The number of oxime groups is 1. The zero-order valence-electron chi connectivity index (χ0n) is 10.5. The van der Waals surface area contributed by atoms with E-state index in [0.29, 0.717) is 6.42 Å². The number of aliphatic hydroxyl groups is 1. The normalized spacial score (nSPS) is 14.3. The Morgan fingerprint density at radius 1 is 1.28 bits per heavy atom. The first kappa shape index (κ1) is 17.0. The molecule has 0 atom stereocenters. The van der Waals surface area contributed by atoms with Gasteiger partial charge >= 0.3 is 6.18 Å². The Morgan fingerprint density at radius 2 is 1.83 bits per heavy atom. The molecule has 0 amide bonds. The van der Waals surface area contributed by atoms with Crippen molar-refractivity contribution in [2.75, 3.05) is 26.2 Å². The van der Waals surface area contributed by atoms with Gasteiger partial charge < -0.3 is 16.0 Å². The molecule has 4 N–H and O–H groups in total. The molecule has 0 aliphatic carbocycles. The summed E-state index contributed by atoms with van der Waals surface area (Å²) >= 11 is 0. The minimum atomic E-state index is -4.31. The highest BCUT2D eigenvalue weighted by Gasteiger charge is 2.32. The summed E-state index contributed by atoms with van der Waals surface area (Å²) in [6.07, 6.45) is -4.02. The Balaban J connectivity index is 4.44. The summed E-state index contributed by atoms with van der Waals surface area (Å²) in [6.45, 7) is 1.95. The zero-order chi connectivity index (χ0) is 14.4. The lowest BCUT2D eigenvalue weighted by Gasteiger charge is -2.28. The van der Waals surface area contributed by atoms with E-state index in [1.54, 1.807) is 13.8 Å². The molecule has 8 heteroatoms. The van der Waals surface area contributed by atoms with Crippen LogP contribution in [0.5, 0.6) is 0 Å². The fourth-order valence-electron chi connectivity index (χ4n) is 1.37. The Labute approximate surface area is 104 Å². The minimum absolute atomic E-state index is 0.0292. The van der Waals surface area contributed by atoms with Crippen LogP contribution in [0, 0.1) is 5.41 Å². The summed E-state index contributed by atoms with van der Waals surface area (Å²) in [4.78, 5) is 1.09. The molecule has 108 valence electrons. The quantitative estimate of drug-likeness (QED) is 0.279. The lowest BCUT2D eigenvalue weighted by atomic mass is 9.88. The Morgan fingerprint density at radius 3 is 2.22 bits per heavy atom. The van der Waals surface area contributed by atoms with Crippen LogP contribution in [0.15, 0.2) is 5.16 Å². The van der Waals surface area contributed by atoms with Gasteiger partial charge in [-0.05, 0) is 13.0 Å². The number of amidine groups is 1. The van der Waals surface area contributed by atoms with E-state index in [-0.39, 0.29) is 25.5 Å². The monoisotopic (exact) mass is 271 g/mol. The molecule has 0 aliphatic rings. The van der Waals surface area contributed by atoms with Gasteiger partial charge in [0, 0.05) is 12.0 Å². The summed E-state index contributed by atoms with van der Waals surface area (Å²) in [7, 11) is 0. The van der Waals surface area contributed by atoms with Crippen molar-refractivity contribution in [1.29, 1.82) is 0 Å². The van der Waals surface area contributed by atoms with Crippen LogP contribution >= 0.6 is 0 Å². The predicted molar refractivity (Wildman–Crippen MR) is 61.4 cm³/mol. The van der Waals surface area contributed by atoms with Crippen molar-refractivity contribution in [3.05, 3.63) is 0 Å². The minimum Gasteiger partial charge on any atom is -0.409 e. The molecule has 0 rings (SSSR count). The number of hydrogen-bond donors (Lipinski definition) is 3. The second-order valence-corrected chi connectivity index (χ2v) is 4.73. The fraction of sp³-hybridized carbons (Fsp3) is 0.900. The van der Waals surface area contributed by atoms with E-state index in [9.17, 15) is 13.2 Å². The standard InChI is InChI=1S/C10H20F3N3O2/c1-9(2,8(14)15-18)3-4-16(5-6-17)7-10(11,12)13/h17-18H,3-7H2,1-2H3,(H2,14,15). The summed E-state index contributed by atoms with van der Waals surface area (Å²) in [5, 5.41) is 20.1. The van der Waals surface area contributed by atoms with E-state index >= 15 is 0 Å². The molecule has 0 aromatic heterocycles. The van der Waals surface area contributed by atoms with Crippen molar-refractivity contribution in [2.45, 2.75) is 26.4 Å². The van der Waals surface area contributed by atoms with Crippen molar-refractivity contribution in [1.82, 2.24) is 4.90 Å². The molecule has 0 radical (unpaired) electrons. The van der Waals surface area contributed by atoms with Crippen molar-refractivity contribution < 1.29 is 23.5 Å². The van der Waals surface area contributed by atoms with Crippen LogP contribution in [0.2, 0.25) is 0 Å². The molecule has 0 fully saturated rings. The highest BCUT2D eigenvalue weighted by Crippen LogP contribution is 2.22. The number of alkyl halides is 3. The molecule has 0 bridgehead atoms. The maximum Gasteiger partial charge on any atom is 0.401 e. The van der Waals surface area contributed by atoms with E-state index < -0.39 is 18.1 Å². The molecular weight excluding hydrogens is 251 g/mol. The second kappa shape index (κ2) is 6.79. The third kappa shape index (κ3) is 6.65. The molecule has 0 saturated heterocycles. The van der Waals surface area contributed by atoms with Crippen LogP contribution in [0.3, 0.4) is 0 Å². The van der Waals surface area contributed by atoms with Gasteiger partial charge in [0.25, 0.3) is 0 Å². The Kier molecular flexibility index (Phi) is 6.41. The summed E-state index contributed by atoms with van der Waals surface area (Å²) in [6, 6.07) is 0. The van der Waals surface area contributed by atoms with Crippen LogP contribution in [0.4, 0.5) is 13.2 Å². The van der Waals surface area contributed by atoms with Gasteiger partial charge in [0.05, 0.1) is 13.2 Å². The van der Waals surface area contributed by atoms with Gasteiger partial charge in [-0.3, -0.25) is 4.90 Å². The number of rotatable bonds is 7. The first-order valence-electron chi connectivity index (χ1n) is 5.50. The first-order chi connectivity index (χ1) is 8.12. The number of nitrogens with two attached hydrogens (primary N) is 1. The van der Waals surface area contributed by atoms with Gasteiger partial charge in [-0.25, -0.2) is 0 Å². The van der Waals surface area contributed by atoms with Crippen LogP contribution < -0.4 is 5.73 Å². The predicted octanol–water partition coefficient (Wildman–Crippen LogP) is 1.01. The first-order valence-corrected chi connectivity index (χ1v) is 5.50. The van der Waals surface area contributed by atoms with Crippen LogP contribution in [-0.4, -0.2) is 53.5 Å². The number of halogens is 3. The maximum absolute atomic E-state index is 12.3. The average Bonchev–Trinajstić information content (AvgIpc) is 2.23. The summed E-state index contributed by atoms with van der Waals surface area (Å²) in [5.41, 5.74) is 4.75. The largest absolute Gasteiger partial charge is 0.409 e. The van der Waals surface area contributed by atoms with Crippen molar-refractivity contribution in [3.8, 4) is 0 Å². The molecule has 0 heterocycles. The smallest absolute Gasteiger partial charge is 0.401 e. The fourth-order valence-corrected chi connectivity index (χ4v) is 1.37. The lowest BCUT2D eigenvalue weighted by molar-refractivity contribution is -0.147. The van der Waals surface area contributed by atoms with Crippen LogP contribution in [0.25, 0.3) is 0 Å². The third-order valence-corrected chi connectivity index (χ3v) is 2.67. The van der Waals surface area contributed by atoms with E-state index in [1.165, 1.54) is 0 Å². The van der Waals surface area contributed by atoms with Gasteiger partial charge in [-0.15, -0.1) is 0 Å². The maximum atomic E-state index is 12.3. The SMILES string of the molecule is CC(C)(CCN(CCO)CC(F)(F)F)C(N)=NO. The molecule has 0 aliphatic heterocycles. The van der Waals surface area contributed by atoms with E-state index in [1.807, 2.05) is 0 Å². The van der Waals surface area contributed by atoms with Crippen molar-refractivity contribution in [3.63, 3.8) is 0 Å². The lowest BCUT2D eigenvalue weighted by Crippen LogP contribution is -2.40. The average molecular weight is 271 g/mol. The molecule has 5 nitrogen and oxygen atoms in total. The van der Waals surface area contributed by atoms with Gasteiger partial charge in [-0.1, -0.05) is 19.0 Å². The van der Waals surface area contributed by atoms with Crippen molar-refractivity contribution >= 4 is 5.84 Å². The molecule has 0 aromatic rings. The second-order valence-electron chi connectivity index (χ2n) is 4.73. The van der Waals surface area contributed by atoms with E-state index in [0.717, 1.165) is 4.90 Å². The third-order valence-electron chi connectivity index (χ3n) is 2.67. The molecule has 18 heavy (non-hydrogen) atoms. The number of hydrogen-bond acceptors (Lipinski definition) is 4. The number of nitrogens with zero attached hydrogens (tertiary/aromatic N) is 2. The topological polar surface area (TPSA) is 82.1 Å². The molecule has 0 spiro atoms. The zero-order valence-corrected chi connectivity index (χ0v) is 10.5. The van der Waals surface area contributed by atoms with E-state index in [2.05, 4.69) is 5.16 Å².